The standard InChI is InChI=1S/C27H33Cl2N3O5/c1-16-22(26(34)36-2)25(23-18(28)9-6-10-19(23)29)24(27(35)37-3)20(30-16)15-21(33)32-13-11-31(12-14-32)17-7-4-5-8-17/h6,9-10,17,25,30H,4-5,7-8,11-15H2,1-3H3. The fraction of sp³-hybridized carbons (Fsp3) is 0.519. The Hall–Kier alpha value is -2.55. The van der Waals surface area contributed by atoms with Crippen molar-refractivity contribution >= 4 is 41.0 Å². The predicted octanol–water partition coefficient (Wildman–Crippen LogP) is 4.03. The maximum atomic E-state index is 13.4. The van der Waals surface area contributed by atoms with Crippen LogP contribution >= 0.6 is 23.2 Å². The van der Waals surface area contributed by atoms with Crippen LogP contribution in [0.25, 0.3) is 0 Å². The van der Waals surface area contributed by atoms with Crippen molar-refractivity contribution in [1.82, 2.24) is 15.1 Å². The molecule has 8 nitrogen and oxygen atoms in total. The van der Waals surface area contributed by atoms with Crippen molar-refractivity contribution in [3.05, 3.63) is 56.3 Å². The molecule has 1 aromatic rings. The number of carbonyl (C=O) groups is 3. The van der Waals surface area contributed by atoms with Crippen molar-refractivity contribution in [1.29, 1.82) is 0 Å². The number of piperazine rings is 1. The maximum Gasteiger partial charge on any atom is 0.336 e. The fourth-order valence-electron chi connectivity index (χ4n) is 5.71. The summed E-state index contributed by atoms with van der Waals surface area (Å²) in [7, 11) is 2.52. The van der Waals surface area contributed by atoms with Gasteiger partial charge in [0, 0.05) is 59.2 Å². The van der Waals surface area contributed by atoms with Gasteiger partial charge in [0.1, 0.15) is 0 Å². The van der Waals surface area contributed by atoms with Crippen molar-refractivity contribution in [2.75, 3.05) is 40.4 Å². The quantitative estimate of drug-likeness (QED) is 0.536. The van der Waals surface area contributed by atoms with E-state index in [1.165, 1.54) is 39.9 Å². The highest BCUT2D eigenvalue weighted by molar-refractivity contribution is 6.36. The summed E-state index contributed by atoms with van der Waals surface area (Å²) >= 11 is 13.1. The number of rotatable bonds is 6. The minimum absolute atomic E-state index is 0.0573. The third-order valence-electron chi connectivity index (χ3n) is 7.58. The van der Waals surface area contributed by atoms with E-state index in [9.17, 15) is 14.4 Å². The summed E-state index contributed by atoms with van der Waals surface area (Å²) in [6, 6.07) is 5.58. The highest BCUT2D eigenvalue weighted by Gasteiger charge is 2.41. The smallest absolute Gasteiger partial charge is 0.336 e. The van der Waals surface area contributed by atoms with E-state index in [0.717, 1.165) is 13.1 Å². The zero-order valence-corrected chi connectivity index (χ0v) is 23.0. The summed E-state index contributed by atoms with van der Waals surface area (Å²) in [5.74, 6) is -2.39. The average Bonchev–Trinajstić information content (AvgIpc) is 3.43. The molecule has 0 bridgehead atoms. The zero-order chi connectivity index (χ0) is 26.7. The van der Waals surface area contributed by atoms with E-state index < -0.39 is 17.9 Å². The Balaban J connectivity index is 1.67. The molecule has 4 rings (SSSR count). The lowest BCUT2D eigenvalue weighted by Crippen LogP contribution is -2.51. The second-order valence-electron chi connectivity index (χ2n) is 9.64. The van der Waals surface area contributed by atoms with Crippen molar-refractivity contribution in [2.24, 2.45) is 0 Å². The fourth-order valence-corrected chi connectivity index (χ4v) is 6.33. The minimum atomic E-state index is -0.968. The van der Waals surface area contributed by atoms with Gasteiger partial charge in [-0.1, -0.05) is 42.1 Å². The number of benzene rings is 1. The second-order valence-corrected chi connectivity index (χ2v) is 10.5. The zero-order valence-electron chi connectivity index (χ0n) is 21.4. The first-order valence-corrected chi connectivity index (χ1v) is 13.4. The molecule has 1 amide bonds. The van der Waals surface area contributed by atoms with Crippen LogP contribution in [0.4, 0.5) is 0 Å². The highest BCUT2D eigenvalue weighted by atomic mass is 35.5. The van der Waals surface area contributed by atoms with E-state index in [2.05, 4.69) is 10.2 Å². The number of halogens is 2. The SMILES string of the molecule is COC(=O)C1=C(C)NC(CC(=O)N2CCN(C3CCCC3)CC2)=C(C(=O)OC)C1c1c(Cl)cccc1Cl. The number of hydrogen-bond donors (Lipinski definition) is 1. The molecule has 1 N–H and O–H groups in total. The van der Waals surface area contributed by atoms with E-state index in [1.807, 2.05) is 4.90 Å². The Kier molecular flexibility index (Phi) is 8.82. The number of nitrogens with zero attached hydrogens (tertiary/aromatic N) is 2. The molecule has 1 aromatic carbocycles. The molecule has 2 fully saturated rings. The van der Waals surface area contributed by atoms with Gasteiger partial charge in [0.2, 0.25) is 5.91 Å². The number of allylic oxidation sites excluding steroid dienone is 1. The molecule has 1 unspecified atom stereocenters. The van der Waals surface area contributed by atoms with Crippen LogP contribution in [0.5, 0.6) is 0 Å². The van der Waals surface area contributed by atoms with Crippen LogP contribution in [0.3, 0.4) is 0 Å². The van der Waals surface area contributed by atoms with Gasteiger partial charge in [-0.05, 0) is 31.9 Å². The van der Waals surface area contributed by atoms with Crippen LogP contribution in [-0.4, -0.2) is 74.1 Å². The van der Waals surface area contributed by atoms with Crippen LogP contribution < -0.4 is 5.32 Å². The minimum Gasteiger partial charge on any atom is -0.466 e. The summed E-state index contributed by atoms with van der Waals surface area (Å²) in [4.78, 5) is 43.8. The molecule has 0 radical (unpaired) electrons. The number of hydrogen-bond acceptors (Lipinski definition) is 7. The molecule has 37 heavy (non-hydrogen) atoms. The van der Waals surface area contributed by atoms with E-state index in [0.29, 0.717) is 36.1 Å². The molecule has 10 heteroatoms. The molecule has 200 valence electrons. The molecule has 2 heterocycles. The molecular weight excluding hydrogens is 517 g/mol. The number of nitrogens with one attached hydrogen (secondary N) is 1. The van der Waals surface area contributed by atoms with Gasteiger partial charge >= 0.3 is 11.9 Å². The first-order chi connectivity index (χ1) is 17.8. The Morgan fingerprint density at radius 1 is 0.946 bits per heavy atom. The monoisotopic (exact) mass is 549 g/mol. The molecule has 0 aromatic heterocycles. The molecule has 0 spiro atoms. The Labute approximate surface area is 227 Å². The van der Waals surface area contributed by atoms with E-state index in [1.54, 1.807) is 25.1 Å². The van der Waals surface area contributed by atoms with Crippen LogP contribution in [0.15, 0.2) is 40.7 Å². The van der Waals surface area contributed by atoms with Crippen molar-refractivity contribution in [3.63, 3.8) is 0 Å². The molecule has 1 saturated heterocycles. The first kappa shape index (κ1) is 27.5. The van der Waals surface area contributed by atoms with E-state index in [-0.39, 0.29) is 33.5 Å². The Morgan fingerprint density at radius 3 is 2.08 bits per heavy atom. The molecule has 2 aliphatic heterocycles. The van der Waals surface area contributed by atoms with Gasteiger partial charge < -0.3 is 19.7 Å². The lowest BCUT2D eigenvalue weighted by Gasteiger charge is -2.38. The van der Waals surface area contributed by atoms with Crippen LogP contribution in [0.2, 0.25) is 10.0 Å². The van der Waals surface area contributed by atoms with Crippen molar-refractivity contribution in [3.8, 4) is 0 Å². The van der Waals surface area contributed by atoms with Gasteiger partial charge in [0.25, 0.3) is 0 Å². The van der Waals surface area contributed by atoms with E-state index >= 15 is 0 Å². The molecule has 3 aliphatic rings. The molecular formula is C27H33Cl2N3O5. The normalized spacial score (nSPS) is 21.2. The number of amides is 1. The lowest BCUT2D eigenvalue weighted by atomic mass is 9.79. The predicted molar refractivity (Wildman–Crippen MR) is 141 cm³/mol. The number of dihydropyridines is 1. The van der Waals surface area contributed by atoms with E-state index in [4.69, 9.17) is 32.7 Å². The number of methoxy groups -OCH3 is 2. The third-order valence-corrected chi connectivity index (χ3v) is 8.24. The summed E-state index contributed by atoms with van der Waals surface area (Å²) in [6.07, 6.45) is 4.95. The summed E-state index contributed by atoms with van der Waals surface area (Å²) in [5.41, 5.74) is 1.49. The topological polar surface area (TPSA) is 88.2 Å². The van der Waals surface area contributed by atoms with Gasteiger partial charge in [0.05, 0.1) is 37.7 Å². The van der Waals surface area contributed by atoms with Crippen LogP contribution in [-0.2, 0) is 23.9 Å². The molecule has 1 atom stereocenters. The van der Waals surface area contributed by atoms with Gasteiger partial charge in [-0.3, -0.25) is 9.69 Å². The maximum absolute atomic E-state index is 13.4. The number of ether oxygens (including phenoxy) is 2. The Bertz CT molecular complexity index is 1110. The van der Waals surface area contributed by atoms with Gasteiger partial charge in [0.15, 0.2) is 0 Å². The third kappa shape index (κ3) is 5.66. The van der Waals surface area contributed by atoms with Gasteiger partial charge in [-0.2, -0.15) is 0 Å². The van der Waals surface area contributed by atoms with Crippen molar-refractivity contribution < 1.29 is 23.9 Å². The second kappa shape index (κ2) is 11.9. The number of esters is 2. The highest BCUT2D eigenvalue weighted by Crippen LogP contribution is 2.45. The van der Waals surface area contributed by atoms with Gasteiger partial charge in [-0.15, -0.1) is 0 Å². The van der Waals surface area contributed by atoms with Crippen LogP contribution in [0.1, 0.15) is 50.5 Å². The summed E-state index contributed by atoms with van der Waals surface area (Å²) in [5, 5.41) is 3.69. The molecule has 1 aliphatic carbocycles. The summed E-state index contributed by atoms with van der Waals surface area (Å²) in [6.45, 7) is 4.66. The van der Waals surface area contributed by atoms with Crippen molar-refractivity contribution in [2.45, 2.75) is 51.0 Å². The summed E-state index contributed by atoms with van der Waals surface area (Å²) < 4.78 is 10.2. The van der Waals surface area contributed by atoms with Gasteiger partial charge in [-0.25, -0.2) is 9.59 Å². The average molecular weight is 550 g/mol. The lowest BCUT2D eigenvalue weighted by molar-refractivity contribution is -0.137. The largest absolute Gasteiger partial charge is 0.466 e. The Morgan fingerprint density at radius 2 is 1.51 bits per heavy atom. The van der Waals surface area contributed by atoms with Crippen LogP contribution in [0, 0.1) is 0 Å². The number of carbonyl (C=O) groups excluding carboxylic acids is 3. The first-order valence-electron chi connectivity index (χ1n) is 12.6. The molecule has 1 saturated carbocycles.